The second kappa shape index (κ2) is 7.97. The summed E-state index contributed by atoms with van der Waals surface area (Å²) in [6.07, 6.45) is 13.4. The van der Waals surface area contributed by atoms with Crippen LogP contribution < -0.4 is 0 Å². The molecule has 130 valence electrons. The van der Waals surface area contributed by atoms with Crippen LogP contribution in [-0.2, 0) is 0 Å². The van der Waals surface area contributed by atoms with Crippen molar-refractivity contribution in [1.29, 1.82) is 0 Å². The van der Waals surface area contributed by atoms with Crippen LogP contribution in [0.5, 0.6) is 0 Å². The van der Waals surface area contributed by atoms with Crippen LogP contribution >= 0.6 is 0 Å². The Labute approximate surface area is 156 Å². The second-order valence-corrected chi connectivity index (χ2v) is 6.79. The monoisotopic (exact) mass is 339 g/mol. The molecule has 1 unspecified atom stereocenters. The van der Waals surface area contributed by atoms with E-state index in [-0.39, 0.29) is 0 Å². The third kappa shape index (κ3) is 4.00. The highest BCUT2D eigenvalue weighted by atomic mass is 14.7. The number of allylic oxidation sites excluding steroid dienone is 8. The summed E-state index contributed by atoms with van der Waals surface area (Å²) in [7, 11) is 0. The Morgan fingerprint density at radius 3 is 2.50 bits per heavy atom. The zero-order valence-electron chi connectivity index (χ0n) is 15.6. The molecule has 0 fully saturated rings. The van der Waals surface area contributed by atoms with E-state index in [1.807, 2.05) is 12.2 Å². The summed E-state index contributed by atoms with van der Waals surface area (Å²) >= 11 is 0. The Bertz CT molecular complexity index is 908. The Kier molecular flexibility index (Phi) is 5.48. The highest BCUT2D eigenvalue weighted by Crippen LogP contribution is 2.30. The van der Waals surface area contributed by atoms with E-state index < -0.39 is 0 Å². The van der Waals surface area contributed by atoms with Gasteiger partial charge in [0.05, 0.1) is 11.4 Å². The van der Waals surface area contributed by atoms with Gasteiger partial charge >= 0.3 is 0 Å². The number of hydrogen-bond donors (Lipinski definition) is 0. The van der Waals surface area contributed by atoms with Crippen LogP contribution in [0.15, 0.2) is 86.0 Å². The lowest BCUT2D eigenvalue weighted by molar-refractivity contribution is 0.739. The normalized spacial score (nSPS) is 16.9. The van der Waals surface area contributed by atoms with Gasteiger partial charge in [-0.1, -0.05) is 86.4 Å². The molecule has 1 aromatic carbocycles. The molecule has 1 atom stereocenters. The summed E-state index contributed by atoms with van der Waals surface area (Å²) < 4.78 is 0. The minimum Gasteiger partial charge on any atom is -0.248 e. The Morgan fingerprint density at radius 1 is 1.12 bits per heavy atom. The van der Waals surface area contributed by atoms with E-state index in [2.05, 4.69) is 81.6 Å². The second-order valence-electron chi connectivity index (χ2n) is 6.79. The molecule has 26 heavy (non-hydrogen) atoms. The van der Waals surface area contributed by atoms with Gasteiger partial charge in [0, 0.05) is 5.56 Å². The molecule has 1 aliphatic carbocycles. The summed E-state index contributed by atoms with van der Waals surface area (Å²) in [6.45, 7) is 12.1. The van der Waals surface area contributed by atoms with Gasteiger partial charge in [-0.2, -0.15) is 0 Å². The fourth-order valence-electron chi connectivity index (χ4n) is 3.04. The summed E-state index contributed by atoms with van der Waals surface area (Å²) in [5, 5.41) is 0. The van der Waals surface area contributed by atoms with E-state index in [0.717, 1.165) is 28.9 Å². The molecule has 0 aliphatic heterocycles. The maximum atomic E-state index is 4.89. The van der Waals surface area contributed by atoms with Crippen molar-refractivity contribution in [2.24, 2.45) is 5.92 Å². The maximum absolute atomic E-state index is 4.89. The average molecular weight is 339 g/mol. The zero-order chi connectivity index (χ0) is 18.5. The molecule has 1 heterocycles. The largest absolute Gasteiger partial charge is 0.248 e. The van der Waals surface area contributed by atoms with E-state index in [4.69, 9.17) is 4.98 Å². The number of pyridine rings is 1. The standard InChI is InChI=1S/C25H25N/c1-5-7-20(6-2)24-16-23(21-12-8-18(3)9-13-21)17-25(26-24)22-14-10-19(4)11-15-22/h5-8,10-18H,1-2,9H2,3-4H3/b20-7+. The van der Waals surface area contributed by atoms with Crippen molar-refractivity contribution in [3.8, 4) is 11.3 Å². The molecule has 1 aliphatic rings. The lowest BCUT2D eigenvalue weighted by Crippen LogP contribution is -1.98. The van der Waals surface area contributed by atoms with Crippen molar-refractivity contribution in [1.82, 2.24) is 4.98 Å². The highest BCUT2D eigenvalue weighted by Gasteiger charge is 2.11. The van der Waals surface area contributed by atoms with Crippen molar-refractivity contribution in [2.75, 3.05) is 0 Å². The smallest absolute Gasteiger partial charge is 0.0715 e. The summed E-state index contributed by atoms with van der Waals surface area (Å²) in [5.41, 5.74) is 7.67. The number of nitrogens with zero attached hydrogens (tertiary/aromatic N) is 1. The van der Waals surface area contributed by atoms with Crippen LogP contribution in [0.2, 0.25) is 0 Å². The van der Waals surface area contributed by atoms with Crippen molar-refractivity contribution < 1.29 is 0 Å². The molecule has 0 saturated heterocycles. The molecule has 2 aromatic rings. The third-order valence-corrected chi connectivity index (χ3v) is 4.63. The first kappa shape index (κ1) is 17.9. The predicted octanol–water partition coefficient (Wildman–Crippen LogP) is 6.79. The zero-order valence-corrected chi connectivity index (χ0v) is 15.6. The predicted molar refractivity (Wildman–Crippen MR) is 114 cm³/mol. The Balaban J connectivity index is 2.15. The van der Waals surface area contributed by atoms with Gasteiger partial charge in [-0.15, -0.1) is 0 Å². The molecule has 1 heteroatoms. The summed E-state index contributed by atoms with van der Waals surface area (Å²) in [6, 6.07) is 12.8. The van der Waals surface area contributed by atoms with Gasteiger partial charge in [0.1, 0.15) is 0 Å². The minimum atomic E-state index is 0.598. The van der Waals surface area contributed by atoms with Crippen LogP contribution in [0.3, 0.4) is 0 Å². The molecule has 1 aromatic heterocycles. The SMILES string of the molecule is C=C/C=C(\C=C)c1cc(C2=CCC(C)C=C2)cc(-c2ccc(C)cc2)n1. The van der Waals surface area contributed by atoms with Crippen molar-refractivity contribution in [3.63, 3.8) is 0 Å². The molecule has 1 nitrogen and oxygen atoms in total. The van der Waals surface area contributed by atoms with Gasteiger partial charge in [0.2, 0.25) is 0 Å². The van der Waals surface area contributed by atoms with Crippen molar-refractivity contribution in [2.45, 2.75) is 20.3 Å². The maximum Gasteiger partial charge on any atom is 0.0715 e. The van der Waals surface area contributed by atoms with Crippen LogP contribution in [0.1, 0.15) is 30.2 Å². The summed E-state index contributed by atoms with van der Waals surface area (Å²) in [5.74, 6) is 0.598. The van der Waals surface area contributed by atoms with Gasteiger partial charge < -0.3 is 0 Å². The topological polar surface area (TPSA) is 12.9 Å². The van der Waals surface area contributed by atoms with Crippen LogP contribution in [-0.4, -0.2) is 4.98 Å². The Morgan fingerprint density at radius 2 is 1.88 bits per heavy atom. The molecule has 0 saturated carbocycles. The van der Waals surface area contributed by atoms with Gasteiger partial charge in [-0.05, 0) is 48.1 Å². The fraction of sp³-hybridized carbons (Fsp3) is 0.160. The number of aromatic nitrogens is 1. The van der Waals surface area contributed by atoms with Crippen molar-refractivity contribution in [3.05, 3.63) is 103 Å². The van der Waals surface area contributed by atoms with Crippen LogP contribution in [0.4, 0.5) is 0 Å². The first-order valence-corrected chi connectivity index (χ1v) is 9.04. The van der Waals surface area contributed by atoms with E-state index in [9.17, 15) is 0 Å². The molecule has 0 N–H and O–H groups in total. The highest BCUT2D eigenvalue weighted by molar-refractivity contribution is 5.82. The third-order valence-electron chi connectivity index (χ3n) is 4.63. The van der Waals surface area contributed by atoms with E-state index in [0.29, 0.717) is 5.92 Å². The average Bonchev–Trinajstić information content (AvgIpc) is 2.67. The first-order valence-electron chi connectivity index (χ1n) is 9.04. The van der Waals surface area contributed by atoms with Gasteiger partial charge in [-0.25, -0.2) is 4.98 Å². The molecule has 0 radical (unpaired) electrons. The van der Waals surface area contributed by atoms with Gasteiger partial charge in [-0.3, -0.25) is 0 Å². The van der Waals surface area contributed by atoms with Crippen LogP contribution in [0.25, 0.3) is 22.4 Å². The van der Waals surface area contributed by atoms with Gasteiger partial charge in [0.15, 0.2) is 0 Å². The van der Waals surface area contributed by atoms with Gasteiger partial charge in [0.25, 0.3) is 0 Å². The Hall–Kier alpha value is -2.93. The van der Waals surface area contributed by atoms with E-state index in [1.165, 1.54) is 16.7 Å². The minimum absolute atomic E-state index is 0.598. The quantitative estimate of drug-likeness (QED) is 0.546. The lowest BCUT2D eigenvalue weighted by Gasteiger charge is -2.15. The fourth-order valence-corrected chi connectivity index (χ4v) is 3.04. The van der Waals surface area contributed by atoms with E-state index in [1.54, 1.807) is 6.08 Å². The number of benzene rings is 1. The molecule has 3 rings (SSSR count). The molecule has 0 bridgehead atoms. The summed E-state index contributed by atoms with van der Waals surface area (Å²) in [4.78, 5) is 4.89. The number of hydrogen-bond acceptors (Lipinski definition) is 1. The van der Waals surface area contributed by atoms with Crippen molar-refractivity contribution >= 4 is 11.1 Å². The number of aryl methyl sites for hydroxylation is 1. The number of rotatable bonds is 5. The molecular weight excluding hydrogens is 314 g/mol. The molecular formula is C25H25N. The molecule has 0 amide bonds. The molecule has 0 spiro atoms. The lowest BCUT2D eigenvalue weighted by atomic mass is 9.92. The van der Waals surface area contributed by atoms with E-state index >= 15 is 0 Å². The first-order chi connectivity index (χ1) is 12.6. The van der Waals surface area contributed by atoms with Crippen LogP contribution in [0, 0.1) is 12.8 Å².